The van der Waals surface area contributed by atoms with Crippen molar-refractivity contribution < 1.29 is 9.72 Å². The van der Waals surface area contributed by atoms with E-state index in [1.54, 1.807) is 12.1 Å². The Hall–Kier alpha value is -1.25. The van der Waals surface area contributed by atoms with Crippen molar-refractivity contribution in [3.8, 4) is 0 Å². The molecule has 0 atom stereocenters. The van der Waals surface area contributed by atoms with Gasteiger partial charge in [0, 0.05) is 17.5 Å². The van der Waals surface area contributed by atoms with E-state index in [0.29, 0.717) is 20.6 Å². The smallest absolute Gasteiger partial charge is 0.293 e. The first-order chi connectivity index (χ1) is 8.52. The number of carbonyl (C=O) groups excluding carboxylic acids is 1. The van der Waals surface area contributed by atoms with Crippen molar-refractivity contribution in [2.75, 3.05) is 6.54 Å². The highest BCUT2D eigenvalue weighted by Crippen LogP contribution is 2.34. The zero-order valence-electron chi connectivity index (χ0n) is 9.28. The molecule has 0 N–H and O–H groups in total. The summed E-state index contributed by atoms with van der Waals surface area (Å²) in [4.78, 5) is 24.7. The highest BCUT2D eigenvalue weighted by atomic mass is 32.2. The van der Waals surface area contributed by atoms with Gasteiger partial charge in [0.1, 0.15) is 4.32 Å². The van der Waals surface area contributed by atoms with Crippen LogP contribution in [0.1, 0.15) is 11.8 Å². The van der Waals surface area contributed by atoms with Crippen molar-refractivity contribution >= 4 is 56.6 Å². The van der Waals surface area contributed by atoms with Gasteiger partial charge in [-0.2, -0.15) is 0 Å². The SMILES string of the molecule is CCN1C(=O)/C(=C\c2ccc([N+](=O)[O-])s2)SC1=S. The number of hydrogen-bond acceptors (Lipinski definition) is 6. The van der Waals surface area contributed by atoms with Crippen LogP contribution in [0.25, 0.3) is 6.08 Å². The van der Waals surface area contributed by atoms with Gasteiger partial charge in [0.15, 0.2) is 0 Å². The van der Waals surface area contributed by atoms with Crippen LogP contribution in [0.2, 0.25) is 0 Å². The number of rotatable bonds is 3. The van der Waals surface area contributed by atoms with E-state index in [0.717, 1.165) is 11.3 Å². The van der Waals surface area contributed by atoms with Gasteiger partial charge in [-0.1, -0.05) is 35.3 Å². The minimum Gasteiger partial charge on any atom is -0.293 e. The number of likely N-dealkylation sites (N-methyl/N-ethyl adjacent to an activating group) is 1. The minimum absolute atomic E-state index is 0.0622. The number of hydrogen-bond donors (Lipinski definition) is 0. The first-order valence-corrected chi connectivity index (χ1v) is 7.06. The summed E-state index contributed by atoms with van der Waals surface area (Å²) >= 11 is 7.34. The molecule has 2 rings (SSSR count). The van der Waals surface area contributed by atoms with Gasteiger partial charge in [-0.25, -0.2) is 0 Å². The van der Waals surface area contributed by atoms with Crippen LogP contribution in [0.3, 0.4) is 0 Å². The van der Waals surface area contributed by atoms with E-state index < -0.39 is 4.92 Å². The first kappa shape index (κ1) is 13.2. The summed E-state index contributed by atoms with van der Waals surface area (Å²) in [5, 5.41) is 10.6. The maximum Gasteiger partial charge on any atom is 0.324 e. The van der Waals surface area contributed by atoms with Gasteiger partial charge < -0.3 is 0 Å². The van der Waals surface area contributed by atoms with E-state index in [1.165, 1.54) is 22.7 Å². The number of nitrogens with zero attached hydrogens (tertiary/aromatic N) is 2. The molecule has 0 aromatic carbocycles. The lowest BCUT2D eigenvalue weighted by Crippen LogP contribution is -2.27. The molecule has 18 heavy (non-hydrogen) atoms. The monoisotopic (exact) mass is 300 g/mol. The predicted molar refractivity (Wildman–Crippen MR) is 76.5 cm³/mol. The Balaban J connectivity index is 2.26. The van der Waals surface area contributed by atoms with Gasteiger partial charge in [-0.05, 0) is 19.1 Å². The van der Waals surface area contributed by atoms with Crippen molar-refractivity contribution in [2.45, 2.75) is 6.92 Å². The van der Waals surface area contributed by atoms with Crippen LogP contribution >= 0.6 is 35.3 Å². The molecular formula is C10H8N2O3S3. The molecule has 1 amide bonds. The van der Waals surface area contributed by atoms with Gasteiger partial charge in [0.25, 0.3) is 5.91 Å². The quantitative estimate of drug-likeness (QED) is 0.372. The molecule has 1 fully saturated rings. The molecule has 1 aliphatic rings. The minimum atomic E-state index is -0.445. The van der Waals surface area contributed by atoms with E-state index in [1.807, 2.05) is 6.92 Å². The highest BCUT2D eigenvalue weighted by Gasteiger charge is 2.30. The number of nitro groups is 1. The molecular weight excluding hydrogens is 292 g/mol. The summed E-state index contributed by atoms with van der Waals surface area (Å²) in [6.07, 6.45) is 1.65. The molecule has 0 saturated carbocycles. The largest absolute Gasteiger partial charge is 0.324 e. The topological polar surface area (TPSA) is 63.5 Å². The summed E-state index contributed by atoms with van der Waals surface area (Å²) in [5.74, 6) is -0.136. The third kappa shape index (κ3) is 2.45. The average Bonchev–Trinajstić information content (AvgIpc) is 2.86. The van der Waals surface area contributed by atoms with E-state index in [4.69, 9.17) is 12.2 Å². The van der Waals surface area contributed by atoms with Crippen LogP contribution < -0.4 is 0 Å². The fourth-order valence-corrected chi connectivity index (χ4v) is 3.63. The average molecular weight is 300 g/mol. The van der Waals surface area contributed by atoms with Gasteiger partial charge in [-0.15, -0.1) is 0 Å². The molecule has 0 radical (unpaired) electrons. The maximum absolute atomic E-state index is 11.9. The van der Waals surface area contributed by atoms with Gasteiger partial charge in [-0.3, -0.25) is 19.8 Å². The van der Waals surface area contributed by atoms with Crippen LogP contribution in [0.15, 0.2) is 17.0 Å². The Morgan fingerprint density at radius 1 is 1.56 bits per heavy atom. The van der Waals surface area contributed by atoms with Crippen LogP contribution in [-0.2, 0) is 4.79 Å². The van der Waals surface area contributed by atoms with Crippen molar-refractivity contribution in [3.05, 3.63) is 32.0 Å². The molecule has 1 saturated heterocycles. The lowest BCUT2D eigenvalue weighted by molar-refractivity contribution is -0.380. The molecule has 0 spiro atoms. The summed E-state index contributed by atoms with van der Waals surface area (Å²) in [6, 6.07) is 3.05. The van der Waals surface area contributed by atoms with Crippen LogP contribution in [0.4, 0.5) is 5.00 Å². The summed E-state index contributed by atoms with van der Waals surface area (Å²) in [7, 11) is 0. The van der Waals surface area contributed by atoms with Gasteiger partial charge in [0.05, 0.1) is 9.83 Å². The second kappa shape index (κ2) is 5.17. The summed E-state index contributed by atoms with van der Waals surface area (Å²) in [6.45, 7) is 2.39. The normalized spacial score (nSPS) is 17.8. The third-order valence-electron chi connectivity index (χ3n) is 2.26. The molecule has 0 aliphatic carbocycles. The second-order valence-corrected chi connectivity index (χ2v) is 6.13. The molecule has 1 aromatic heterocycles. The van der Waals surface area contributed by atoms with E-state index in [-0.39, 0.29) is 10.9 Å². The summed E-state index contributed by atoms with van der Waals surface area (Å²) in [5.41, 5.74) is 0. The first-order valence-electron chi connectivity index (χ1n) is 5.02. The van der Waals surface area contributed by atoms with E-state index in [9.17, 15) is 14.9 Å². The fourth-order valence-electron chi connectivity index (χ4n) is 1.42. The highest BCUT2D eigenvalue weighted by molar-refractivity contribution is 8.26. The molecule has 94 valence electrons. The molecule has 0 unspecified atom stereocenters. The third-order valence-corrected chi connectivity index (χ3v) is 4.62. The number of thioether (sulfide) groups is 1. The van der Waals surface area contributed by atoms with Crippen LogP contribution in [0.5, 0.6) is 0 Å². The molecule has 1 aromatic rings. The Morgan fingerprint density at radius 3 is 2.78 bits per heavy atom. The predicted octanol–water partition coefficient (Wildman–Crippen LogP) is 2.88. The van der Waals surface area contributed by atoms with Crippen LogP contribution in [-0.4, -0.2) is 26.6 Å². The zero-order chi connectivity index (χ0) is 13.3. The molecule has 2 heterocycles. The zero-order valence-corrected chi connectivity index (χ0v) is 11.7. The van der Waals surface area contributed by atoms with Crippen molar-refractivity contribution in [2.24, 2.45) is 0 Å². The Morgan fingerprint density at radius 2 is 2.28 bits per heavy atom. The second-order valence-electron chi connectivity index (χ2n) is 3.36. The lowest BCUT2D eigenvalue weighted by Gasteiger charge is -2.09. The summed E-state index contributed by atoms with van der Waals surface area (Å²) < 4.78 is 0.528. The van der Waals surface area contributed by atoms with Gasteiger partial charge >= 0.3 is 5.00 Å². The van der Waals surface area contributed by atoms with Crippen LogP contribution in [0, 0.1) is 10.1 Å². The molecule has 8 heteroatoms. The van der Waals surface area contributed by atoms with Crippen molar-refractivity contribution in [1.29, 1.82) is 0 Å². The van der Waals surface area contributed by atoms with E-state index >= 15 is 0 Å². The maximum atomic E-state index is 11.9. The standard InChI is InChI=1S/C10H8N2O3S3/c1-2-11-9(13)7(18-10(11)16)5-6-3-4-8(17-6)12(14)15/h3-5H,2H2,1H3/b7-5+. The Bertz CT molecular complexity index is 564. The number of thiocarbonyl (C=S) groups is 1. The Labute approximate surface area is 117 Å². The molecule has 0 bridgehead atoms. The van der Waals surface area contributed by atoms with E-state index in [2.05, 4.69) is 0 Å². The Kier molecular flexibility index (Phi) is 3.79. The molecule has 1 aliphatic heterocycles. The van der Waals surface area contributed by atoms with Crippen molar-refractivity contribution in [3.63, 3.8) is 0 Å². The number of thiophene rings is 1. The number of carbonyl (C=O) groups is 1. The van der Waals surface area contributed by atoms with Gasteiger partial charge in [0.2, 0.25) is 0 Å². The molecule has 5 nitrogen and oxygen atoms in total. The van der Waals surface area contributed by atoms with Crippen molar-refractivity contribution in [1.82, 2.24) is 4.90 Å². The number of amides is 1. The lowest BCUT2D eigenvalue weighted by atomic mass is 10.4. The fraction of sp³-hybridized carbons (Fsp3) is 0.200.